The predicted molar refractivity (Wildman–Crippen MR) is 54.3 cm³/mol. The third kappa shape index (κ3) is 3.14. The molecule has 0 heterocycles. The summed E-state index contributed by atoms with van der Waals surface area (Å²) in [5.74, 6) is 1.08. The average molecular weight is 169 g/mol. The summed E-state index contributed by atoms with van der Waals surface area (Å²) >= 11 is 0. The van der Waals surface area contributed by atoms with Gasteiger partial charge >= 0.3 is 0 Å². The predicted octanol–water partition coefficient (Wildman–Crippen LogP) is 2.95. The molecule has 0 aliphatic heterocycles. The van der Waals surface area contributed by atoms with Crippen molar-refractivity contribution in [3.05, 3.63) is 0 Å². The highest BCUT2D eigenvalue weighted by Gasteiger charge is 2.18. The Morgan fingerprint density at radius 1 is 1.33 bits per heavy atom. The van der Waals surface area contributed by atoms with Crippen molar-refractivity contribution in [2.75, 3.05) is 7.05 Å². The summed E-state index contributed by atoms with van der Waals surface area (Å²) in [6, 6.07) is 0.788. The van der Waals surface area contributed by atoms with Gasteiger partial charge in [-0.2, -0.15) is 0 Å². The Bertz CT molecular complexity index is 108. The molecule has 1 atom stereocenters. The molecule has 1 aliphatic rings. The molecule has 0 aromatic carbocycles. The van der Waals surface area contributed by atoms with Crippen LogP contribution in [0, 0.1) is 5.92 Å². The summed E-state index contributed by atoms with van der Waals surface area (Å²) in [6.07, 6.45) is 10.0. The van der Waals surface area contributed by atoms with E-state index in [4.69, 9.17) is 0 Å². The van der Waals surface area contributed by atoms with Crippen LogP contribution in [0.3, 0.4) is 0 Å². The largest absolute Gasteiger partial charge is 0.317 e. The Labute approximate surface area is 76.9 Å². The monoisotopic (exact) mass is 169 g/mol. The normalized spacial score (nSPS) is 20.5. The Kier molecular flexibility index (Phi) is 4.67. The molecule has 1 nitrogen and oxygen atoms in total. The summed E-state index contributed by atoms with van der Waals surface area (Å²) in [6.45, 7) is 2.27. The van der Waals surface area contributed by atoms with Gasteiger partial charge < -0.3 is 5.32 Å². The zero-order valence-corrected chi connectivity index (χ0v) is 8.60. The molecule has 1 heteroatoms. The second-order valence-electron chi connectivity index (χ2n) is 4.15. The van der Waals surface area contributed by atoms with Gasteiger partial charge in [-0.05, 0) is 32.2 Å². The van der Waals surface area contributed by atoms with Crippen molar-refractivity contribution in [1.82, 2.24) is 5.32 Å². The Morgan fingerprint density at radius 3 is 2.50 bits per heavy atom. The third-order valence-electron chi connectivity index (χ3n) is 3.19. The van der Waals surface area contributed by atoms with Gasteiger partial charge in [-0.25, -0.2) is 0 Å². The Hall–Kier alpha value is -0.0400. The van der Waals surface area contributed by atoms with E-state index >= 15 is 0 Å². The first-order valence-corrected chi connectivity index (χ1v) is 5.54. The van der Waals surface area contributed by atoms with Crippen LogP contribution in [0.1, 0.15) is 51.9 Å². The molecule has 0 saturated heterocycles. The fourth-order valence-corrected chi connectivity index (χ4v) is 2.00. The maximum atomic E-state index is 3.41. The van der Waals surface area contributed by atoms with Gasteiger partial charge in [0.05, 0.1) is 0 Å². The summed E-state index contributed by atoms with van der Waals surface area (Å²) in [5, 5.41) is 3.41. The lowest BCUT2D eigenvalue weighted by Gasteiger charge is -2.27. The SMILES string of the molecule is CCCC(CCC1CCC1)NC. The Balaban J connectivity index is 2.01. The molecule has 0 aromatic rings. The van der Waals surface area contributed by atoms with Gasteiger partial charge in [-0.15, -0.1) is 0 Å². The molecule has 1 N–H and O–H groups in total. The second kappa shape index (κ2) is 5.58. The standard InChI is InChI=1S/C11H23N/c1-3-5-11(12-2)9-8-10-6-4-7-10/h10-12H,3-9H2,1-2H3. The van der Waals surface area contributed by atoms with Crippen LogP contribution >= 0.6 is 0 Å². The number of hydrogen-bond donors (Lipinski definition) is 1. The van der Waals surface area contributed by atoms with Crippen molar-refractivity contribution in [2.24, 2.45) is 5.92 Å². The van der Waals surface area contributed by atoms with E-state index in [-0.39, 0.29) is 0 Å². The van der Waals surface area contributed by atoms with Crippen LogP contribution in [0.5, 0.6) is 0 Å². The lowest BCUT2D eigenvalue weighted by atomic mass is 9.81. The fraction of sp³-hybridized carbons (Fsp3) is 1.00. The summed E-state index contributed by atoms with van der Waals surface area (Å²) in [5.41, 5.74) is 0. The molecule has 0 aromatic heterocycles. The van der Waals surface area contributed by atoms with E-state index < -0.39 is 0 Å². The summed E-state index contributed by atoms with van der Waals surface area (Å²) in [7, 11) is 2.10. The molecule has 1 unspecified atom stereocenters. The summed E-state index contributed by atoms with van der Waals surface area (Å²) < 4.78 is 0. The van der Waals surface area contributed by atoms with Crippen LogP contribution in [-0.2, 0) is 0 Å². The van der Waals surface area contributed by atoms with Crippen LogP contribution < -0.4 is 5.32 Å². The van der Waals surface area contributed by atoms with Crippen molar-refractivity contribution in [3.8, 4) is 0 Å². The van der Waals surface area contributed by atoms with E-state index in [2.05, 4.69) is 19.3 Å². The van der Waals surface area contributed by atoms with E-state index in [0.717, 1.165) is 12.0 Å². The highest BCUT2D eigenvalue weighted by atomic mass is 14.9. The van der Waals surface area contributed by atoms with Crippen LogP contribution in [0.4, 0.5) is 0 Å². The number of nitrogens with one attached hydrogen (secondary N) is 1. The summed E-state index contributed by atoms with van der Waals surface area (Å²) in [4.78, 5) is 0. The molecule has 0 amide bonds. The topological polar surface area (TPSA) is 12.0 Å². The van der Waals surface area contributed by atoms with Gasteiger partial charge in [0, 0.05) is 6.04 Å². The molecular weight excluding hydrogens is 146 g/mol. The van der Waals surface area contributed by atoms with Crippen molar-refractivity contribution >= 4 is 0 Å². The van der Waals surface area contributed by atoms with Crippen molar-refractivity contribution < 1.29 is 0 Å². The van der Waals surface area contributed by atoms with Gasteiger partial charge in [0.1, 0.15) is 0 Å². The smallest absolute Gasteiger partial charge is 0.00640 e. The second-order valence-corrected chi connectivity index (χ2v) is 4.15. The van der Waals surface area contributed by atoms with Gasteiger partial charge in [0.2, 0.25) is 0 Å². The van der Waals surface area contributed by atoms with Crippen molar-refractivity contribution in [3.63, 3.8) is 0 Å². The van der Waals surface area contributed by atoms with E-state index in [1.807, 2.05) is 0 Å². The molecule has 1 aliphatic carbocycles. The highest BCUT2D eigenvalue weighted by Crippen LogP contribution is 2.31. The van der Waals surface area contributed by atoms with E-state index in [1.54, 1.807) is 0 Å². The van der Waals surface area contributed by atoms with E-state index in [0.29, 0.717) is 0 Å². The average Bonchev–Trinajstić information content (AvgIpc) is 2.00. The maximum Gasteiger partial charge on any atom is 0.00640 e. The van der Waals surface area contributed by atoms with Crippen LogP contribution in [0.15, 0.2) is 0 Å². The van der Waals surface area contributed by atoms with Crippen molar-refractivity contribution in [2.45, 2.75) is 57.9 Å². The van der Waals surface area contributed by atoms with Crippen LogP contribution in [0.25, 0.3) is 0 Å². The van der Waals surface area contributed by atoms with E-state index in [1.165, 1.54) is 44.9 Å². The molecule has 1 fully saturated rings. The zero-order valence-electron chi connectivity index (χ0n) is 8.60. The molecule has 72 valence electrons. The first-order chi connectivity index (χ1) is 5.86. The molecule has 0 bridgehead atoms. The number of hydrogen-bond acceptors (Lipinski definition) is 1. The lowest BCUT2D eigenvalue weighted by Crippen LogP contribution is -2.26. The molecule has 12 heavy (non-hydrogen) atoms. The minimum absolute atomic E-state index is 0.788. The minimum atomic E-state index is 0.788. The number of rotatable bonds is 6. The van der Waals surface area contributed by atoms with Crippen molar-refractivity contribution in [1.29, 1.82) is 0 Å². The quantitative estimate of drug-likeness (QED) is 0.644. The maximum absolute atomic E-state index is 3.41. The fourth-order valence-electron chi connectivity index (χ4n) is 2.00. The first-order valence-electron chi connectivity index (χ1n) is 5.54. The van der Waals surface area contributed by atoms with E-state index in [9.17, 15) is 0 Å². The molecule has 0 spiro atoms. The van der Waals surface area contributed by atoms with Gasteiger partial charge in [0.25, 0.3) is 0 Å². The van der Waals surface area contributed by atoms with Crippen LogP contribution in [0.2, 0.25) is 0 Å². The zero-order chi connectivity index (χ0) is 8.81. The Morgan fingerprint density at radius 2 is 2.08 bits per heavy atom. The first kappa shape index (κ1) is 10.0. The molecule has 0 radical (unpaired) electrons. The van der Waals surface area contributed by atoms with Gasteiger partial charge in [0.15, 0.2) is 0 Å². The third-order valence-corrected chi connectivity index (χ3v) is 3.19. The van der Waals surface area contributed by atoms with Gasteiger partial charge in [-0.1, -0.05) is 32.6 Å². The molecule has 1 rings (SSSR count). The van der Waals surface area contributed by atoms with Crippen LogP contribution in [-0.4, -0.2) is 13.1 Å². The highest BCUT2D eigenvalue weighted by molar-refractivity contribution is 4.73. The minimum Gasteiger partial charge on any atom is -0.317 e. The molecular formula is C11H23N. The molecule has 1 saturated carbocycles. The lowest BCUT2D eigenvalue weighted by molar-refractivity contribution is 0.274. The van der Waals surface area contributed by atoms with Gasteiger partial charge in [-0.3, -0.25) is 0 Å².